The van der Waals surface area contributed by atoms with Gasteiger partial charge in [0.2, 0.25) is 15.9 Å². The molecule has 9 heteroatoms. The zero-order valence-electron chi connectivity index (χ0n) is 10.4. The molecule has 1 fully saturated rings. The van der Waals surface area contributed by atoms with Crippen LogP contribution >= 0.6 is 0 Å². The molecule has 110 valence electrons. The number of β-amino-alcohol motifs (C(OH)–C–C–N with tert-alkyl or cyclic N) is 1. The lowest BCUT2D eigenvalue weighted by atomic mass is 10.2. The number of halogens is 1. The number of amides is 1. The standard InChI is InChI=1S/C11H14FN3O4S/c12-6-1-2-8(13)10(3-6)20(18,19)15-5-7(16)4-9(15)11(14)17/h1-3,7,9,16H,4-5,13H2,(H2,14,17). The highest BCUT2D eigenvalue weighted by Crippen LogP contribution is 2.29. The Balaban J connectivity index is 2.49. The third-order valence-corrected chi connectivity index (χ3v) is 5.05. The van der Waals surface area contributed by atoms with Gasteiger partial charge in [0.15, 0.2) is 0 Å². The lowest BCUT2D eigenvalue weighted by Crippen LogP contribution is -2.43. The van der Waals surface area contributed by atoms with Crippen molar-refractivity contribution in [1.29, 1.82) is 0 Å². The molecular weight excluding hydrogens is 289 g/mol. The van der Waals surface area contributed by atoms with E-state index in [2.05, 4.69) is 0 Å². The molecule has 2 unspecified atom stereocenters. The summed E-state index contributed by atoms with van der Waals surface area (Å²) in [6, 6.07) is 1.75. The number of primary amides is 1. The Hall–Kier alpha value is -1.71. The molecular formula is C11H14FN3O4S. The van der Waals surface area contributed by atoms with Crippen molar-refractivity contribution in [3.05, 3.63) is 24.0 Å². The normalized spacial score (nSPS) is 23.9. The molecule has 0 bridgehead atoms. The summed E-state index contributed by atoms with van der Waals surface area (Å²) in [6.45, 7) is -0.286. The number of benzene rings is 1. The van der Waals surface area contributed by atoms with E-state index in [1.165, 1.54) is 0 Å². The number of nitrogens with zero attached hydrogens (tertiary/aromatic N) is 1. The summed E-state index contributed by atoms with van der Waals surface area (Å²) in [5.41, 5.74) is 10.5. The maximum atomic E-state index is 13.2. The van der Waals surface area contributed by atoms with Gasteiger partial charge in [-0.1, -0.05) is 0 Å². The van der Waals surface area contributed by atoms with Gasteiger partial charge >= 0.3 is 0 Å². The van der Waals surface area contributed by atoms with Crippen molar-refractivity contribution in [3.63, 3.8) is 0 Å². The molecule has 1 aliphatic heterocycles. The molecule has 1 aromatic rings. The van der Waals surface area contributed by atoms with Crippen LogP contribution in [-0.2, 0) is 14.8 Å². The predicted molar refractivity (Wildman–Crippen MR) is 68.3 cm³/mol. The van der Waals surface area contributed by atoms with Crippen LogP contribution in [0.4, 0.5) is 10.1 Å². The summed E-state index contributed by atoms with van der Waals surface area (Å²) < 4.78 is 38.8. The first-order chi connectivity index (χ1) is 9.23. The molecule has 2 atom stereocenters. The van der Waals surface area contributed by atoms with Crippen molar-refractivity contribution in [2.75, 3.05) is 12.3 Å². The monoisotopic (exact) mass is 303 g/mol. The van der Waals surface area contributed by atoms with Crippen LogP contribution in [0.5, 0.6) is 0 Å². The van der Waals surface area contributed by atoms with Crippen molar-refractivity contribution < 1.29 is 22.7 Å². The quantitative estimate of drug-likeness (QED) is 0.618. The Morgan fingerprint density at radius 1 is 1.45 bits per heavy atom. The first kappa shape index (κ1) is 14.7. The van der Waals surface area contributed by atoms with E-state index in [4.69, 9.17) is 11.5 Å². The van der Waals surface area contributed by atoms with Gasteiger partial charge in [-0.3, -0.25) is 4.79 Å². The van der Waals surface area contributed by atoms with Gasteiger partial charge in [-0.15, -0.1) is 0 Å². The maximum Gasteiger partial charge on any atom is 0.246 e. The fourth-order valence-electron chi connectivity index (χ4n) is 2.17. The van der Waals surface area contributed by atoms with Crippen molar-refractivity contribution in [2.45, 2.75) is 23.5 Å². The Bertz CT molecular complexity index is 649. The largest absolute Gasteiger partial charge is 0.398 e. The Morgan fingerprint density at radius 3 is 2.70 bits per heavy atom. The van der Waals surface area contributed by atoms with Crippen LogP contribution in [0.1, 0.15) is 6.42 Å². The highest BCUT2D eigenvalue weighted by molar-refractivity contribution is 7.89. The molecule has 0 aromatic heterocycles. The van der Waals surface area contributed by atoms with Crippen molar-refractivity contribution in [2.24, 2.45) is 5.73 Å². The van der Waals surface area contributed by atoms with Crippen molar-refractivity contribution in [3.8, 4) is 0 Å². The number of hydrogen-bond donors (Lipinski definition) is 3. The number of hydrogen-bond acceptors (Lipinski definition) is 5. The van der Waals surface area contributed by atoms with Gasteiger partial charge < -0.3 is 16.6 Å². The number of sulfonamides is 1. The van der Waals surface area contributed by atoms with E-state index in [1.807, 2.05) is 0 Å². The molecule has 1 saturated heterocycles. The van der Waals surface area contributed by atoms with Crippen LogP contribution in [0.15, 0.2) is 23.1 Å². The second kappa shape index (κ2) is 5.00. The van der Waals surface area contributed by atoms with Gasteiger partial charge in [0.1, 0.15) is 16.8 Å². The number of rotatable bonds is 3. The summed E-state index contributed by atoms with van der Waals surface area (Å²) in [7, 11) is -4.21. The molecule has 0 saturated carbocycles. The average molecular weight is 303 g/mol. The van der Waals surface area contributed by atoms with Crippen LogP contribution in [0.2, 0.25) is 0 Å². The van der Waals surface area contributed by atoms with Crippen LogP contribution < -0.4 is 11.5 Å². The number of carbonyl (C=O) groups is 1. The molecule has 0 spiro atoms. The van der Waals surface area contributed by atoms with E-state index in [-0.39, 0.29) is 18.7 Å². The number of nitrogens with two attached hydrogens (primary N) is 2. The van der Waals surface area contributed by atoms with Crippen molar-refractivity contribution in [1.82, 2.24) is 4.31 Å². The summed E-state index contributed by atoms with van der Waals surface area (Å²) in [6.07, 6.45) is -1.10. The lowest BCUT2D eigenvalue weighted by Gasteiger charge is -2.22. The summed E-state index contributed by atoms with van der Waals surface area (Å²) in [5.74, 6) is -1.65. The molecule has 0 aliphatic carbocycles. The predicted octanol–water partition coefficient (Wildman–Crippen LogP) is -0.983. The Labute approximate surface area is 115 Å². The van der Waals surface area contributed by atoms with Crippen LogP contribution in [0.3, 0.4) is 0 Å². The van der Waals surface area contributed by atoms with Gasteiger partial charge in [-0.05, 0) is 18.2 Å². The van der Waals surface area contributed by atoms with Gasteiger partial charge in [-0.2, -0.15) is 4.31 Å². The van der Waals surface area contributed by atoms with E-state index in [0.717, 1.165) is 22.5 Å². The molecule has 1 amide bonds. The maximum absolute atomic E-state index is 13.2. The number of carbonyl (C=O) groups excluding carboxylic acids is 1. The molecule has 5 N–H and O–H groups in total. The molecule has 7 nitrogen and oxygen atoms in total. The first-order valence-corrected chi connectivity index (χ1v) is 7.21. The van der Waals surface area contributed by atoms with Gasteiger partial charge in [0.05, 0.1) is 11.8 Å². The van der Waals surface area contributed by atoms with E-state index in [0.29, 0.717) is 0 Å². The number of nitrogen functional groups attached to an aromatic ring is 1. The zero-order chi connectivity index (χ0) is 15.1. The third-order valence-electron chi connectivity index (χ3n) is 3.12. The number of aliphatic hydroxyl groups excluding tert-OH is 1. The first-order valence-electron chi connectivity index (χ1n) is 5.77. The van der Waals surface area contributed by atoms with Crippen molar-refractivity contribution >= 4 is 21.6 Å². The third kappa shape index (κ3) is 2.47. The van der Waals surface area contributed by atoms with E-state index in [1.54, 1.807) is 0 Å². The topological polar surface area (TPSA) is 127 Å². The number of aliphatic hydroxyl groups is 1. The van der Waals surface area contributed by atoms with Crippen LogP contribution in [-0.4, -0.2) is 42.4 Å². The number of anilines is 1. The molecule has 1 aliphatic rings. The minimum absolute atomic E-state index is 0.0935. The molecule has 1 heterocycles. The minimum atomic E-state index is -4.21. The molecule has 2 rings (SSSR count). The SMILES string of the molecule is NC(=O)C1CC(O)CN1S(=O)(=O)c1cc(F)ccc1N. The second-order valence-electron chi connectivity index (χ2n) is 4.56. The summed E-state index contributed by atoms with van der Waals surface area (Å²) >= 11 is 0. The molecule has 20 heavy (non-hydrogen) atoms. The van der Waals surface area contributed by atoms with E-state index in [9.17, 15) is 22.7 Å². The Morgan fingerprint density at radius 2 is 2.10 bits per heavy atom. The summed E-state index contributed by atoms with van der Waals surface area (Å²) in [5, 5.41) is 9.53. The molecule has 1 aromatic carbocycles. The van der Waals surface area contributed by atoms with Crippen LogP contribution in [0.25, 0.3) is 0 Å². The van der Waals surface area contributed by atoms with Crippen LogP contribution in [0, 0.1) is 5.82 Å². The highest BCUT2D eigenvalue weighted by Gasteiger charge is 2.43. The zero-order valence-corrected chi connectivity index (χ0v) is 11.2. The fourth-order valence-corrected chi connectivity index (χ4v) is 3.94. The smallest absolute Gasteiger partial charge is 0.246 e. The highest BCUT2D eigenvalue weighted by atomic mass is 32.2. The van der Waals surface area contributed by atoms with Gasteiger partial charge in [0, 0.05) is 13.0 Å². The van der Waals surface area contributed by atoms with Gasteiger partial charge in [0.25, 0.3) is 0 Å². The molecule has 0 radical (unpaired) electrons. The fraction of sp³-hybridized carbons (Fsp3) is 0.364. The van der Waals surface area contributed by atoms with E-state index < -0.39 is 38.8 Å². The lowest BCUT2D eigenvalue weighted by molar-refractivity contribution is -0.121. The Kier molecular flexibility index (Phi) is 3.67. The minimum Gasteiger partial charge on any atom is -0.398 e. The second-order valence-corrected chi connectivity index (χ2v) is 6.42. The van der Waals surface area contributed by atoms with E-state index >= 15 is 0 Å². The van der Waals surface area contributed by atoms with Gasteiger partial charge in [-0.25, -0.2) is 12.8 Å². The summed E-state index contributed by atoms with van der Waals surface area (Å²) in [4.78, 5) is 10.8. The average Bonchev–Trinajstić information content (AvgIpc) is 2.75.